The van der Waals surface area contributed by atoms with Crippen LogP contribution in [0.2, 0.25) is 0 Å². The van der Waals surface area contributed by atoms with Crippen LogP contribution in [0.25, 0.3) is 16.7 Å². The summed E-state index contributed by atoms with van der Waals surface area (Å²) in [7, 11) is 0. The number of para-hydroxylation sites is 2. The lowest BCUT2D eigenvalue weighted by Crippen LogP contribution is -1.97. The van der Waals surface area contributed by atoms with Gasteiger partial charge in [-0.25, -0.2) is 4.98 Å². The second-order valence-corrected chi connectivity index (χ2v) is 5.12. The number of pyridine rings is 1. The van der Waals surface area contributed by atoms with E-state index in [0.717, 1.165) is 28.2 Å². The van der Waals surface area contributed by atoms with Crippen LogP contribution in [0.5, 0.6) is 0 Å². The minimum absolute atomic E-state index is 0.842. The molecule has 0 aliphatic heterocycles. The van der Waals surface area contributed by atoms with Crippen molar-refractivity contribution in [1.29, 1.82) is 0 Å². The number of nitrogens with one attached hydrogen (secondary N) is 1. The van der Waals surface area contributed by atoms with Gasteiger partial charge in [0.05, 0.1) is 0 Å². The molecular formula is C19H15N3. The molecule has 1 N–H and O–H groups in total. The fourth-order valence-corrected chi connectivity index (χ4v) is 2.54. The van der Waals surface area contributed by atoms with E-state index in [0.29, 0.717) is 0 Å². The third kappa shape index (κ3) is 2.33. The van der Waals surface area contributed by atoms with E-state index in [1.807, 2.05) is 54.6 Å². The molecule has 4 rings (SSSR count). The summed E-state index contributed by atoms with van der Waals surface area (Å²) < 4.78 is 2.10. The molecule has 0 amide bonds. The Morgan fingerprint density at radius 2 is 1.45 bits per heavy atom. The Morgan fingerprint density at radius 3 is 2.23 bits per heavy atom. The van der Waals surface area contributed by atoms with E-state index in [4.69, 9.17) is 4.98 Å². The summed E-state index contributed by atoms with van der Waals surface area (Å²) in [6, 6.07) is 26.5. The van der Waals surface area contributed by atoms with E-state index in [2.05, 4.69) is 40.3 Å². The molecule has 106 valence electrons. The highest BCUT2D eigenvalue weighted by atomic mass is 15.1. The second kappa shape index (κ2) is 5.37. The van der Waals surface area contributed by atoms with Crippen molar-refractivity contribution in [2.45, 2.75) is 0 Å². The topological polar surface area (TPSA) is 29.9 Å². The molecule has 0 aliphatic rings. The lowest BCUT2D eigenvalue weighted by Gasteiger charge is -2.08. The van der Waals surface area contributed by atoms with Gasteiger partial charge in [0, 0.05) is 23.0 Å². The van der Waals surface area contributed by atoms with Crippen molar-refractivity contribution in [3.63, 3.8) is 0 Å². The van der Waals surface area contributed by atoms with Crippen molar-refractivity contribution in [3.8, 4) is 5.69 Å². The molecule has 0 unspecified atom stereocenters. The Kier molecular flexibility index (Phi) is 3.09. The van der Waals surface area contributed by atoms with Gasteiger partial charge in [-0.1, -0.05) is 36.4 Å². The molecule has 0 atom stereocenters. The molecule has 3 heteroatoms. The molecule has 0 fully saturated rings. The van der Waals surface area contributed by atoms with Gasteiger partial charge in [0.25, 0.3) is 0 Å². The van der Waals surface area contributed by atoms with Gasteiger partial charge in [0.15, 0.2) is 0 Å². The zero-order chi connectivity index (χ0) is 14.8. The van der Waals surface area contributed by atoms with Crippen molar-refractivity contribution in [3.05, 3.63) is 85.1 Å². The molecule has 0 saturated carbocycles. The summed E-state index contributed by atoms with van der Waals surface area (Å²) >= 11 is 0. The summed E-state index contributed by atoms with van der Waals surface area (Å²) in [5, 5.41) is 4.47. The average molecular weight is 285 g/mol. The highest BCUT2D eigenvalue weighted by Crippen LogP contribution is 2.22. The summed E-state index contributed by atoms with van der Waals surface area (Å²) in [6.07, 6.45) is 2.05. The Labute approximate surface area is 128 Å². The SMILES string of the molecule is c1ccc(Nc2ccc3ccn(-c4ccccc4)c3n2)cc1. The zero-order valence-electron chi connectivity index (χ0n) is 12.0. The number of aromatic nitrogens is 2. The predicted octanol–water partition coefficient (Wildman–Crippen LogP) is 4.77. The molecule has 0 aliphatic carbocycles. The van der Waals surface area contributed by atoms with E-state index in [1.165, 1.54) is 0 Å². The predicted molar refractivity (Wildman–Crippen MR) is 90.8 cm³/mol. The van der Waals surface area contributed by atoms with Gasteiger partial charge in [-0.05, 0) is 42.5 Å². The van der Waals surface area contributed by atoms with Crippen LogP contribution < -0.4 is 5.32 Å². The lowest BCUT2D eigenvalue weighted by atomic mass is 10.3. The molecule has 0 radical (unpaired) electrons. The standard InChI is InChI=1S/C19H15N3/c1-3-7-16(8-4-1)20-18-12-11-15-13-14-22(19(15)21-18)17-9-5-2-6-10-17/h1-14H,(H,20,21). The first-order valence-electron chi connectivity index (χ1n) is 7.26. The quantitative estimate of drug-likeness (QED) is 0.587. The van der Waals surface area contributed by atoms with Gasteiger partial charge in [0.1, 0.15) is 11.5 Å². The molecule has 2 heterocycles. The smallest absolute Gasteiger partial charge is 0.146 e. The fraction of sp³-hybridized carbons (Fsp3) is 0. The highest BCUT2D eigenvalue weighted by molar-refractivity contribution is 5.80. The number of fused-ring (bicyclic) bond motifs is 1. The first-order valence-corrected chi connectivity index (χ1v) is 7.26. The van der Waals surface area contributed by atoms with Crippen molar-refractivity contribution >= 4 is 22.5 Å². The molecule has 2 aromatic carbocycles. The summed E-state index contributed by atoms with van der Waals surface area (Å²) in [5.74, 6) is 0.842. The largest absolute Gasteiger partial charge is 0.340 e. The molecule has 22 heavy (non-hydrogen) atoms. The van der Waals surface area contributed by atoms with Gasteiger partial charge >= 0.3 is 0 Å². The maximum atomic E-state index is 4.76. The molecule has 4 aromatic rings. The van der Waals surface area contributed by atoms with Crippen LogP contribution in [-0.4, -0.2) is 9.55 Å². The molecule has 3 nitrogen and oxygen atoms in total. The summed E-state index contributed by atoms with van der Waals surface area (Å²) in [5.41, 5.74) is 3.10. The van der Waals surface area contributed by atoms with E-state index in [9.17, 15) is 0 Å². The first kappa shape index (κ1) is 12.7. The fourth-order valence-electron chi connectivity index (χ4n) is 2.54. The Morgan fingerprint density at radius 1 is 0.727 bits per heavy atom. The molecule has 0 saturated heterocycles. The molecular weight excluding hydrogens is 270 g/mol. The van der Waals surface area contributed by atoms with E-state index in [1.54, 1.807) is 0 Å². The van der Waals surface area contributed by atoms with Crippen LogP contribution in [0.4, 0.5) is 11.5 Å². The summed E-state index contributed by atoms with van der Waals surface area (Å²) in [4.78, 5) is 4.76. The van der Waals surface area contributed by atoms with Crippen LogP contribution in [0.15, 0.2) is 85.1 Å². The number of hydrogen-bond donors (Lipinski definition) is 1. The van der Waals surface area contributed by atoms with E-state index in [-0.39, 0.29) is 0 Å². The average Bonchev–Trinajstić information content (AvgIpc) is 3.00. The normalized spacial score (nSPS) is 10.7. The van der Waals surface area contributed by atoms with Crippen LogP contribution >= 0.6 is 0 Å². The minimum atomic E-state index is 0.842. The Balaban J connectivity index is 1.77. The van der Waals surface area contributed by atoms with Crippen LogP contribution in [0.3, 0.4) is 0 Å². The second-order valence-electron chi connectivity index (χ2n) is 5.12. The van der Waals surface area contributed by atoms with Crippen molar-refractivity contribution in [1.82, 2.24) is 9.55 Å². The molecule has 0 spiro atoms. The van der Waals surface area contributed by atoms with Crippen LogP contribution in [-0.2, 0) is 0 Å². The number of hydrogen-bond acceptors (Lipinski definition) is 2. The van der Waals surface area contributed by atoms with E-state index >= 15 is 0 Å². The third-order valence-electron chi connectivity index (χ3n) is 3.62. The van der Waals surface area contributed by atoms with Gasteiger partial charge in [-0.15, -0.1) is 0 Å². The maximum Gasteiger partial charge on any atom is 0.146 e. The Hall–Kier alpha value is -3.07. The number of nitrogens with zero attached hydrogens (tertiary/aromatic N) is 2. The van der Waals surface area contributed by atoms with Crippen molar-refractivity contribution < 1.29 is 0 Å². The molecule has 2 aromatic heterocycles. The Bertz CT molecular complexity index is 896. The lowest BCUT2D eigenvalue weighted by molar-refractivity contribution is 1.09. The minimum Gasteiger partial charge on any atom is -0.340 e. The van der Waals surface area contributed by atoms with Crippen molar-refractivity contribution in [2.24, 2.45) is 0 Å². The number of anilines is 2. The van der Waals surface area contributed by atoms with Gasteiger partial charge in [0.2, 0.25) is 0 Å². The third-order valence-corrected chi connectivity index (χ3v) is 3.62. The summed E-state index contributed by atoms with van der Waals surface area (Å²) in [6.45, 7) is 0. The van der Waals surface area contributed by atoms with Crippen LogP contribution in [0.1, 0.15) is 0 Å². The zero-order valence-corrected chi connectivity index (χ0v) is 12.0. The van der Waals surface area contributed by atoms with Crippen molar-refractivity contribution in [2.75, 3.05) is 5.32 Å². The molecule has 0 bridgehead atoms. The van der Waals surface area contributed by atoms with Gasteiger partial charge < -0.3 is 9.88 Å². The van der Waals surface area contributed by atoms with Crippen LogP contribution in [0, 0.1) is 0 Å². The monoisotopic (exact) mass is 285 g/mol. The maximum absolute atomic E-state index is 4.76. The first-order chi connectivity index (χ1) is 10.9. The van der Waals surface area contributed by atoms with E-state index < -0.39 is 0 Å². The highest BCUT2D eigenvalue weighted by Gasteiger charge is 2.05. The van der Waals surface area contributed by atoms with Gasteiger partial charge in [-0.3, -0.25) is 0 Å². The number of rotatable bonds is 3. The number of benzene rings is 2. The van der Waals surface area contributed by atoms with Gasteiger partial charge in [-0.2, -0.15) is 0 Å².